The van der Waals surface area contributed by atoms with Crippen LogP contribution in [0, 0.1) is 19.7 Å². The molecule has 0 bridgehead atoms. The van der Waals surface area contributed by atoms with Crippen molar-refractivity contribution < 1.29 is 17.6 Å². The van der Waals surface area contributed by atoms with Crippen LogP contribution in [0.3, 0.4) is 0 Å². The number of anilines is 1. The molecule has 1 N–H and O–H groups in total. The first-order valence-corrected chi connectivity index (χ1v) is 9.29. The van der Waals surface area contributed by atoms with Crippen molar-refractivity contribution in [2.24, 2.45) is 0 Å². The van der Waals surface area contributed by atoms with Crippen molar-refractivity contribution in [3.63, 3.8) is 0 Å². The van der Waals surface area contributed by atoms with Crippen molar-refractivity contribution >= 4 is 21.6 Å². The molecule has 0 unspecified atom stereocenters. The Morgan fingerprint density at radius 1 is 1.08 bits per heavy atom. The number of amides is 1. The summed E-state index contributed by atoms with van der Waals surface area (Å²) in [6, 6.07) is 10.4. The van der Waals surface area contributed by atoms with E-state index in [1.165, 1.54) is 36.1 Å². The van der Waals surface area contributed by atoms with Gasteiger partial charge in [-0.1, -0.05) is 6.07 Å². The van der Waals surface area contributed by atoms with Gasteiger partial charge in [-0.25, -0.2) is 17.5 Å². The second-order valence-corrected chi connectivity index (χ2v) is 7.56. The molecule has 0 heterocycles. The van der Waals surface area contributed by atoms with Gasteiger partial charge < -0.3 is 4.90 Å². The van der Waals surface area contributed by atoms with Gasteiger partial charge in [0.05, 0.1) is 4.90 Å². The molecule has 2 aromatic rings. The van der Waals surface area contributed by atoms with Gasteiger partial charge in [-0.15, -0.1) is 0 Å². The van der Waals surface area contributed by atoms with E-state index in [0.717, 1.165) is 11.1 Å². The molecule has 25 heavy (non-hydrogen) atoms. The highest BCUT2D eigenvalue weighted by molar-refractivity contribution is 7.89. The minimum absolute atomic E-state index is 0.0478. The summed E-state index contributed by atoms with van der Waals surface area (Å²) in [6.45, 7) is 5.32. The van der Waals surface area contributed by atoms with Gasteiger partial charge in [-0.3, -0.25) is 4.79 Å². The average Bonchev–Trinajstić information content (AvgIpc) is 2.55. The number of carbonyl (C=O) groups is 1. The zero-order valence-corrected chi connectivity index (χ0v) is 15.2. The van der Waals surface area contributed by atoms with Crippen LogP contribution in [-0.4, -0.2) is 27.4 Å². The van der Waals surface area contributed by atoms with Crippen molar-refractivity contribution in [2.45, 2.75) is 25.7 Å². The second kappa shape index (κ2) is 7.76. The summed E-state index contributed by atoms with van der Waals surface area (Å²) in [7, 11) is -3.66. The molecule has 7 heteroatoms. The minimum Gasteiger partial charge on any atom is -0.311 e. The number of benzene rings is 2. The molecular formula is C18H21FN2O3S. The van der Waals surface area contributed by atoms with Gasteiger partial charge in [0.15, 0.2) is 0 Å². The SMILES string of the molecule is CC(=O)N(CCNS(=O)(=O)c1ccc(C)c(C)c1)c1ccc(F)cc1. The third kappa shape index (κ3) is 4.87. The van der Waals surface area contributed by atoms with E-state index in [-0.39, 0.29) is 23.9 Å². The molecule has 0 atom stereocenters. The standard InChI is InChI=1S/C18H21FN2O3S/c1-13-4-9-18(12-14(13)2)25(23,24)20-10-11-21(15(3)22)17-7-5-16(19)6-8-17/h4-9,12,20H,10-11H2,1-3H3. The smallest absolute Gasteiger partial charge is 0.240 e. The van der Waals surface area contributed by atoms with Gasteiger partial charge in [-0.2, -0.15) is 0 Å². The third-order valence-electron chi connectivity index (χ3n) is 3.93. The van der Waals surface area contributed by atoms with E-state index in [9.17, 15) is 17.6 Å². The fourth-order valence-corrected chi connectivity index (χ4v) is 3.45. The predicted molar refractivity (Wildman–Crippen MR) is 95.5 cm³/mol. The highest BCUT2D eigenvalue weighted by Crippen LogP contribution is 2.16. The molecule has 0 aliphatic rings. The van der Waals surface area contributed by atoms with E-state index in [4.69, 9.17) is 0 Å². The lowest BCUT2D eigenvalue weighted by atomic mass is 10.1. The lowest BCUT2D eigenvalue weighted by Gasteiger charge is -2.21. The fourth-order valence-electron chi connectivity index (χ4n) is 2.35. The van der Waals surface area contributed by atoms with Crippen molar-refractivity contribution in [1.82, 2.24) is 4.72 Å². The van der Waals surface area contributed by atoms with Crippen molar-refractivity contribution in [2.75, 3.05) is 18.0 Å². The number of carbonyl (C=O) groups excluding carboxylic acids is 1. The second-order valence-electron chi connectivity index (χ2n) is 5.79. The van der Waals surface area contributed by atoms with Gasteiger partial charge in [0.25, 0.3) is 0 Å². The van der Waals surface area contributed by atoms with Gasteiger partial charge in [0.1, 0.15) is 5.82 Å². The Bertz CT molecular complexity index is 864. The summed E-state index contributed by atoms with van der Waals surface area (Å²) in [5.41, 5.74) is 2.41. The number of nitrogens with zero attached hydrogens (tertiary/aromatic N) is 1. The summed E-state index contributed by atoms with van der Waals surface area (Å²) in [6.07, 6.45) is 0. The van der Waals surface area contributed by atoms with E-state index < -0.39 is 15.8 Å². The molecule has 0 saturated heterocycles. The van der Waals surface area contributed by atoms with E-state index in [0.29, 0.717) is 5.69 Å². The van der Waals surface area contributed by atoms with E-state index in [2.05, 4.69) is 4.72 Å². The maximum Gasteiger partial charge on any atom is 0.240 e. The van der Waals surface area contributed by atoms with Crippen molar-refractivity contribution in [3.8, 4) is 0 Å². The average molecular weight is 364 g/mol. The van der Waals surface area contributed by atoms with Crippen LogP contribution in [0.15, 0.2) is 47.4 Å². The molecule has 2 rings (SSSR count). The van der Waals surface area contributed by atoms with Crippen LogP contribution in [0.4, 0.5) is 10.1 Å². The van der Waals surface area contributed by atoms with E-state index >= 15 is 0 Å². The van der Waals surface area contributed by atoms with Crippen LogP contribution in [-0.2, 0) is 14.8 Å². The van der Waals surface area contributed by atoms with Gasteiger partial charge >= 0.3 is 0 Å². The molecule has 134 valence electrons. The van der Waals surface area contributed by atoms with Crippen LogP contribution in [0.5, 0.6) is 0 Å². The maximum atomic E-state index is 13.0. The highest BCUT2D eigenvalue weighted by atomic mass is 32.2. The Morgan fingerprint density at radius 2 is 1.72 bits per heavy atom. The Hall–Kier alpha value is -2.25. The van der Waals surface area contributed by atoms with Crippen molar-refractivity contribution in [3.05, 3.63) is 59.4 Å². The van der Waals surface area contributed by atoms with E-state index in [1.54, 1.807) is 18.2 Å². The fraction of sp³-hybridized carbons (Fsp3) is 0.278. The normalized spacial score (nSPS) is 11.4. The van der Waals surface area contributed by atoms with E-state index in [1.807, 2.05) is 13.8 Å². The molecule has 5 nitrogen and oxygen atoms in total. The molecule has 0 aliphatic heterocycles. The lowest BCUT2D eigenvalue weighted by Crippen LogP contribution is -2.37. The summed E-state index contributed by atoms with van der Waals surface area (Å²) >= 11 is 0. The molecule has 0 spiro atoms. The van der Waals surface area contributed by atoms with Crippen LogP contribution >= 0.6 is 0 Å². The van der Waals surface area contributed by atoms with Gasteiger partial charge in [0.2, 0.25) is 15.9 Å². The zero-order valence-electron chi connectivity index (χ0n) is 14.4. The lowest BCUT2D eigenvalue weighted by molar-refractivity contribution is -0.116. The molecule has 0 radical (unpaired) electrons. The summed E-state index contributed by atoms with van der Waals surface area (Å²) < 4.78 is 40.2. The summed E-state index contributed by atoms with van der Waals surface area (Å²) in [5.74, 6) is -0.653. The number of halogens is 1. The molecule has 0 aliphatic carbocycles. The zero-order chi connectivity index (χ0) is 18.6. The first-order chi connectivity index (χ1) is 11.7. The summed E-state index contributed by atoms with van der Waals surface area (Å²) in [5, 5.41) is 0. The molecule has 0 saturated carbocycles. The Morgan fingerprint density at radius 3 is 2.28 bits per heavy atom. The Balaban J connectivity index is 2.07. The van der Waals surface area contributed by atoms with Crippen LogP contribution in [0.2, 0.25) is 0 Å². The minimum atomic E-state index is -3.66. The molecular weight excluding hydrogens is 343 g/mol. The third-order valence-corrected chi connectivity index (χ3v) is 5.39. The number of nitrogens with one attached hydrogen (secondary N) is 1. The predicted octanol–water partition coefficient (Wildman–Crippen LogP) is 2.77. The number of hydrogen-bond donors (Lipinski definition) is 1. The largest absolute Gasteiger partial charge is 0.311 e. The highest BCUT2D eigenvalue weighted by Gasteiger charge is 2.16. The molecule has 0 aromatic heterocycles. The summed E-state index contributed by atoms with van der Waals surface area (Å²) in [4.78, 5) is 13.4. The Labute approximate surface area is 147 Å². The molecule has 0 fully saturated rings. The monoisotopic (exact) mass is 364 g/mol. The number of sulfonamides is 1. The van der Waals surface area contributed by atoms with Crippen molar-refractivity contribution in [1.29, 1.82) is 0 Å². The van der Waals surface area contributed by atoms with Gasteiger partial charge in [-0.05, 0) is 61.4 Å². The van der Waals surface area contributed by atoms with Crippen LogP contribution in [0.1, 0.15) is 18.1 Å². The van der Waals surface area contributed by atoms with Crippen LogP contribution < -0.4 is 9.62 Å². The number of aryl methyl sites for hydroxylation is 2. The number of rotatable bonds is 6. The van der Waals surface area contributed by atoms with Crippen LogP contribution in [0.25, 0.3) is 0 Å². The maximum absolute atomic E-state index is 13.0. The quantitative estimate of drug-likeness (QED) is 0.857. The number of hydrogen-bond acceptors (Lipinski definition) is 3. The first kappa shape index (κ1) is 19.1. The first-order valence-electron chi connectivity index (χ1n) is 7.81. The molecule has 2 aromatic carbocycles. The molecule has 1 amide bonds. The topological polar surface area (TPSA) is 66.5 Å². The van der Waals surface area contributed by atoms with Gasteiger partial charge in [0, 0.05) is 25.7 Å². The Kier molecular flexibility index (Phi) is 5.92.